The lowest BCUT2D eigenvalue weighted by atomic mass is 9.84. The molecule has 0 aliphatic carbocycles. The van der Waals surface area contributed by atoms with Gasteiger partial charge in [0.25, 0.3) is 0 Å². The fourth-order valence-electron chi connectivity index (χ4n) is 2.71. The van der Waals surface area contributed by atoms with E-state index in [-0.39, 0.29) is 0 Å². The third kappa shape index (κ3) is 2.48. The van der Waals surface area contributed by atoms with Crippen LogP contribution in [0.25, 0.3) is 0 Å². The molecule has 0 aromatic heterocycles. The second kappa shape index (κ2) is 4.19. The van der Waals surface area contributed by atoms with Gasteiger partial charge in [-0.3, -0.25) is 0 Å². The fraction of sp³-hybridized carbons (Fsp3) is 1.00. The predicted molar refractivity (Wildman–Crippen MR) is 57.0 cm³/mol. The standard InChI is InChI=1S/C10H19NO2S/c12-14(13)6-2-4-10(8-14)9-3-1-5-11-7-9/h9-11H,1-8H2. The summed E-state index contributed by atoms with van der Waals surface area (Å²) < 4.78 is 23.0. The van der Waals surface area contributed by atoms with Crippen LogP contribution < -0.4 is 5.32 Å². The Kier molecular flexibility index (Phi) is 3.12. The molecule has 0 aromatic rings. The first kappa shape index (κ1) is 10.4. The highest BCUT2D eigenvalue weighted by Gasteiger charge is 2.31. The number of sulfone groups is 1. The van der Waals surface area contributed by atoms with Gasteiger partial charge < -0.3 is 5.32 Å². The molecule has 2 saturated heterocycles. The minimum Gasteiger partial charge on any atom is -0.316 e. The third-order valence-corrected chi connectivity index (χ3v) is 5.35. The van der Waals surface area contributed by atoms with Crippen molar-refractivity contribution in [1.29, 1.82) is 0 Å². The molecule has 2 atom stereocenters. The molecule has 2 unspecified atom stereocenters. The lowest BCUT2D eigenvalue weighted by molar-refractivity contribution is 0.263. The summed E-state index contributed by atoms with van der Waals surface area (Å²) in [5.41, 5.74) is 0. The maximum Gasteiger partial charge on any atom is 0.150 e. The second-order valence-corrected chi connectivity index (χ2v) is 6.85. The summed E-state index contributed by atoms with van der Waals surface area (Å²) in [5.74, 6) is 1.91. The average Bonchev–Trinajstić information content (AvgIpc) is 2.18. The van der Waals surface area contributed by atoms with E-state index >= 15 is 0 Å². The second-order valence-electron chi connectivity index (χ2n) is 4.62. The van der Waals surface area contributed by atoms with Gasteiger partial charge in [-0.05, 0) is 50.6 Å². The molecule has 14 heavy (non-hydrogen) atoms. The Balaban J connectivity index is 1.96. The summed E-state index contributed by atoms with van der Waals surface area (Å²) in [6.45, 7) is 2.14. The van der Waals surface area contributed by atoms with Gasteiger partial charge in [-0.1, -0.05) is 0 Å². The molecule has 0 amide bonds. The lowest BCUT2D eigenvalue weighted by Crippen LogP contribution is -2.39. The van der Waals surface area contributed by atoms with E-state index in [1.807, 2.05) is 0 Å². The summed E-state index contributed by atoms with van der Waals surface area (Å²) in [7, 11) is -2.71. The molecule has 4 heteroatoms. The number of nitrogens with one attached hydrogen (secondary N) is 1. The summed E-state index contributed by atoms with van der Waals surface area (Å²) in [4.78, 5) is 0. The van der Waals surface area contributed by atoms with Crippen molar-refractivity contribution in [3.8, 4) is 0 Å². The molecule has 2 aliphatic rings. The molecule has 0 radical (unpaired) electrons. The zero-order chi connectivity index (χ0) is 10.0. The van der Waals surface area contributed by atoms with Crippen LogP contribution in [0, 0.1) is 11.8 Å². The highest BCUT2D eigenvalue weighted by molar-refractivity contribution is 7.91. The Hall–Kier alpha value is -0.0900. The van der Waals surface area contributed by atoms with Crippen molar-refractivity contribution in [1.82, 2.24) is 5.32 Å². The minimum atomic E-state index is -2.71. The Labute approximate surface area is 86.2 Å². The van der Waals surface area contributed by atoms with Crippen LogP contribution in [0.3, 0.4) is 0 Å². The van der Waals surface area contributed by atoms with Crippen molar-refractivity contribution in [2.75, 3.05) is 24.6 Å². The number of hydrogen-bond donors (Lipinski definition) is 1. The zero-order valence-electron chi connectivity index (χ0n) is 8.54. The first-order valence-corrected chi connectivity index (χ1v) is 7.41. The van der Waals surface area contributed by atoms with Gasteiger partial charge in [-0.2, -0.15) is 0 Å². The fourth-order valence-corrected chi connectivity index (χ4v) is 4.58. The molecular weight excluding hydrogens is 198 g/mol. The number of piperidine rings is 1. The van der Waals surface area contributed by atoms with E-state index in [1.54, 1.807) is 0 Å². The quantitative estimate of drug-likeness (QED) is 0.707. The molecule has 2 aliphatic heterocycles. The monoisotopic (exact) mass is 217 g/mol. The van der Waals surface area contributed by atoms with Crippen LogP contribution in [0.1, 0.15) is 25.7 Å². The van der Waals surface area contributed by atoms with Crippen LogP contribution in [0.5, 0.6) is 0 Å². The molecule has 0 aromatic carbocycles. The van der Waals surface area contributed by atoms with E-state index < -0.39 is 9.84 Å². The van der Waals surface area contributed by atoms with Gasteiger partial charge >= 0.3 is 0 Å². The van der Waals surface area contributed by atoms with E-state index in [1.165, 1.54) is 12.8 Å². The molecule has 0 saturated carbocycles. The molecule has 2 fully saturated rings. The van der Waals surface area contributed by atoms with E-state index in [9.17, 15) is 8.42 Å². The van der Waals surface area contributed by atoms with Crippen LogP contribution in [-0.2, 0) is 9.84 Å². The highest BCUT2D eigenvalue weighted by atomic mass is 32.2. The molecule has 0 bridgehead atoms. The Bertz CT molecular complexity index is 280. The Morgan fingerprint density at radius 1 is 1.07 bits per heavy atom. The predicted octanol–water partition coefficient (Wildman–Crippen LogP) is 0.811. The van der Waals surface area contributed by atoms with Gasteiger partial charge in [-0.25, -0.2) is 8.42 Å². The topological polar surface area (TPSA) is 46.2 Å². The molecule has 3 nitrogen and oxygen atoms in total. The van der Waals surface area contributed by atoms with Crippen LogP contribution in [0.4, 0.5) is 0 Å². The average molecular weight is 217 g/mol. The lowest BCUT2D eigenvalue weighted by Gasteiger charge is -2.32. The minimum absolute atomic E-state index is 0.420. The van der Waals surface area contributed by atoms with Crippen LogP contribution in [0.2, 0.25) is 0 Å². The number of rotatable bonds is 1. The Morgan fingerprint density at radius 3 is 2.50 bits per heavy atom. The van der Waals surface area contributed by atoms with Crippen LogP contribution in [-0.4, -0.2) is 33.0 Å². The van der Waals surface area contributed by atoms with Gasteiger partial charge in [0.05, 0.1) is 11.5 Å². The van der Waals surface area contributed by atoms with E-state index in [0.29, 0.717) is 23.3 Å². The van der Waals surface area contributed by atoms with Gasteiger partial charge in [0, 0.05) is 0 Å². The SMILES string of the molecule is O=S1(=O)CCCC(C2CCCNC2)C1. The normalized spacial score (nSPS) is 38.0. The highest BCUT2D eigenvalue weighted by Crippen LogP contribution is 2.29. The smallest absolute Gasteiger partial charge is 0.150 e. The van der Waals surface area contributed by atoms with Crippen molar-refractivity contribution in [2.45, 2.75) is 25.7 Å². The number of hydrogen-bond acceptors (Lipinski definition) is 3. The van der Waals surface area contributed by atoms with Gasteiger partial charge in [0.1, 0.15) is 0 Å². The maximum atomic E-state index is 11.5. The van der Waals surface area contributed by atoms with E-state index in [0.717, 1.165) is 25.9 Å². The maximum absolute atomic E-state index is 11.5. The zero-order valence-corrected chi connectivity index (χ0v) is 9.35. The first-order chi connectivity index (χ1) is 6.67. The molecule has 1 N–H and O–H groups in total. The van der Waals surface area contributed by atoms with Gasteiger partial charge in [0.15, 0.2) is 9.84 Å². The van der Waals surface area contributed by atoms with E-state index in [4.69, 9.17) is 0 Å². The van der Waals surface area contributed by atoms with Gasteiger partial charge in [0.2, 0.25) is 0 Å². The molecule has 0 spiro atoms. The van der Waals surface area contributed by atoms with Crippen molar-refractivity contribution in [3.63, 3.8) is 0 Å². The summed E-state index contributed by atoms with van der Waals surface area (Å²) in [6, 6.07) is 0. The summed E-state index contributed by atoms with van der Waals surface area (Å²) >= 11 is 0. The van der Waals surface area contributed by atoms with Gasteiger partial charge in [-0.15, -0.1) is 0 Å². The Morgan fingerprint density at radius 2 is 1.86 bits per heavy atom. The van der Waals surface area contributed by atoms with Crippen LogP contribution >= 0.6 is 0 Å². The third-order valence-electron chi connectivity index (χ3n) is 3.50. The molecule has 82 valence electrons. The van der Waals surface area contributed by atoms with Crippen LogP contribution in [0.15, 0.2) is 0 Å². The van der Waals surface area contributed by atoms with Crippen molar-refractivity contribution in [3.05, 3.63) is 0 Å². The van der Waals surface area contributed by atoms with Crippen molar-refractivity contribution >= 4 is 9.84 Å². The summed E-state index contributed by atoms with van der Waals surface area (Å²) in [5, 5.41) is 3.36. The molecular formula is C10H19NO2S. The summed E-state index contributed by atoms with van der Waals surface area (Å²) in [6.07, 6.45) is 4.42. The molecule has 2 heterocycles. The van der Waals surface area contributed by atoms with Crippen molar-refractivity contribution in [2.24, 2.45) is 11.8 Å². The molecule has 2 rings (SSSR count). The van der Waals surface area contributed by atoms with Crippen molar-refractivity contribution < 1.29 is 8.42 Å². The largest absolute Gasteiger partial charge is 0.316 e. The van der Waals surface area contributed by atoms with E-state index in [2.05, 4.69) is 5.32 Å². The first-order valence-electron chi connectivity index (χ1n) is 5.58.